The molecule has 24 heavy (non-hydrogen) atoms. The minimum absolute atomic E-state index is 0.00456. The summed E-state index contributed by atoms with van der Waals surface area (Å²) in [5.74, 6) is 0.724. The van der Waals surface area contributed by atoms with E-state index < -0.39 is 5.54 Å². The van der Waals surface area contributed by atoms with E-state index in [1.165, 1.54) is 4.90 Å². The molecule has 0 radical (unpaired) electrons. The van der Waals surface area contributed by atoms with Gasteiger partial charge in [-0.2, -0.15) is 0 Å². The first-order chi connectivity index (χ1) is 11.5. The lowest BCUT2D eigenvalue weighted by Gasteiger charge is -2.45. The number of hydrogen-bond donors (Lipinski definition) is 1. The molecule has 2 unspecified atom stereocenters. The number of nitrogens with two attached hydrogens (primary N) is 1. The number of aliphatic imine (C=N–C) groups is 1. The number of benzene rings is 1. The van der Waals surface area contributed by atoms with E-state index in [9.17, 15) is 4.79 Å². The second-order valence-corrected chi connectivity index (χ2v) is 6.90. The van der Waals surface area contributed by atoms with Crippen molar-refractivity contribution in [1.29, 1.82) is 0 Å². The van der Waals surface area contributed by atoms with Gasteiger partial charge in [0.25, 0.3) is 0 Å². The number of amides is 1. The van der Waals surface area contributed by atoms with Crippen LogP contribution in [0.2, 0.25) is 0 Å². The van der Waals surface area contributed by atoms with E-state index in [0.29, 0.717) is 26.2 Å². The molecular weight excluding hydrogens is 325 g/mol. The van der Waals surface area contributed by atoms with Crippen LogP contribution in [0.15, 0.2) is 23.2 Å². The molecule has 0 saturated carbocycles. The molecule has 2 heterocycles. The number of hydrogen-bond acceptors (Lipinski definition) is 5. The lowest BCUT2D eigenvalue weighted by atomic mass is 9.74. The fourth-order valence-electron chi connectivity index (χ4n) is 3.38. The molecule has 3 atom stereocenters. The van der Waals surface area contributed by atoms with Gasteiger partial charge in [0.2, 0.25) is 5.91 Å². The van der Waals surface area contributed by atoms with Crippen LogP contribution in [0, 0.1) is 5.92 Å². The van der Waals surface area contributed by atoms with Gasteiger partial charge in [0, 0.05) is 13.7 Å². The standard InChI is InChI=1S/C17H24N3O3P/c1-3-7-23-11-4-5-14(24)13(9-11)17-10-22-8-6-12(17)15(21)20(2)16(18)19-17/h4-5,9,12H,3,6-8,10,24H2,1-2H3,(H2,18,19)/t12?,17-/m0/s1. The van der Waals surface area contributed by atoms with Gasteiger partial charge >= 0.3 is 0 Å². The fourth-order valence-corrected chi connectivity index (χ4v) is 3.81. The molecule has 0 aliphatic carbocycles. The third kappa shape index (κ3) is 2.78. The molecule has 0 spiro atoms. The summed E-state index contributed by atoms with van der Waals surface area (Å²) in [5.41, 5.74) is 6.17. The summed E-state index contributed by atoms with van der Waals surface area (Å²) in [6, 6.07) is 5.87. The summed E-state index contributed by atoms with van der Waals surface area (Å²) in [6.07, 6.45) is 1.56. The van der Waals surface area contributed by atoms with Crippen LogP contribution >= 0.6 is 9.24 Å². The Labute approximate surface area is 144 Å². The van der Waals surface area contributed by atoms with Crippen molar-refractivity contribution >= 4 is 26.4 Å². The van der Waals surface area contributed by atoms with Crippen LogP contribution in [-0.4, -0.2) is 43.6 Å². The molecule has 2 aliphatic rings. The predicted octanol–water partition coefficient (Wildman–Crippen LogP) is 0.994. The Hall–Kier alpha value is -1.65. The Kier molecular flexibility index (Phi) is 4.79. The molecule has 0 bridgehead atoms. The number of fused-ring (bicyclic) bond motifs is 1. The second kappa shape index (κ2) is 6.69. The summed E-state index contributed by atoms with van der Waals surface area (Å²) < 4.78 is 11.5. The molecule has 1 aromatic rings. The van der Waals surface area contributed by atoms with E-state index in [2.05, 4.69) is 16.2 Å². The van der Waals surface area contributed by atoms with Gasteiger partial charge in [0.05, 0.1) is 19.1 Å². The largest absolute Gasteiger partial charge is 0.494 e. The van der Waals surface area contributed by atoms with E-state index >= 15 is 0 Å². The molecular formula is C17H24N3O3P. The Morgan fingerprint density at radius 3 is 3.08 bits per heavy atom. The van der Waals surface area contributed by atoms with Crippen LogP contribution < -0.4 is 15.8 Å². The Morgan fingerprint density at radius 2 is 2.33 bits per heavy atom. The Balaban J connectivity index is 2.11. The van der Waals surface area contributed by atoms with Crippen molar-refractivity contribution < 1.29 is 14.3 Å². The SMILES string of the molecule is CCCOc1ccc(P)c([C@]23COCCC2C(=O)N(C)C(N)=N3)c1. The first kappa shape index (κ1) is 17.2. The van der Waals surface area contributed by atoms with Crippen LogP contribution in [0.25, 0.3) is 0 Å². The minimum atomic E-state index is -0.783. The zero-order valence-electron chi connectivity index (χ0n) is 14.1. The lowest BCUT2D eigenvalue weighted by molar-refractivity contribution is -0.140. The molecule has 1 fully saturated rings. The highest BCUT2D eigenvalue weighted by molar-refractivity contribution is 7.27. The fraction of sp³-hybridized carbons (Fsp3) is 0.529. The highest BCUT2D eigenvalue weighted by atomic mass is 31.0. The van der Waals surface area contributed by atoms with Gasteiger partial charge in [-0.15, -0.1) is 9.24 Å². The summed E-state index contributed by atoms with van der Waals surface area (Å²) in [6.45, 7) is 3.61. The Morgan fingerprint density at radius 1 is 1.54 bits per heavy atom. The molecule has 7 heteroatoms. The van der Waals surface area contributed by atoms with Gasteiger partial charge < -0.3 is 15.2 Å². The van der Waals surface area contributed by atoms with Crippen LogP contribution in [0.3, 0.4) is 0 Å². The van der Waals surface area contributed by atoms with E-state index in [0.717, 1.165) is 23.0 Å². The number of carbonyl (C=O) groups is 1. The number of guanidine groups is 1. The van der Waals surface area contributed by atoms with Gasteiger partial charge in [0.15, 0.2) is 5.96 Å². The van der Waals surface area contributed by atoms with Gasteiger partial charge in [-0.05, 0) is 35.8 Å². The first-order valence-corrected chi connectivity index (χ1v) is 8.80. The zero-order valence-corrected chi connectivity index (χ0v) is 15.3. The molecule has 1 saturated heterocycles. The first-order valence-electron chi connectivity index (χ1n) is 8.23. The third-order valence-corrected chi connectivity index (χ3v) is 5.20. The monoisotopic (exact) mass is 349 g/mol. The van der Waals surface area contributed by atoms with Crippen molar-refractivity contribution in [2.45, 2.75) is 25.3 Å². The number of carbonyl (C=O) groups excluding carboxylic acids is 1. The average Bonchev–Trinajstić information content (AvgIpc) is 2.59. The predicted molar refractivity (Wildman–Crippen MR) is 96.6 cm³/mol. The summed E-state index contributed by atoms with van der Waals surface area (Å²) in [7, 11) is 4.39. The molecule has 1 aromatic carbocycles. The van der Waals surface area contributed by atoms with Crippen molar-refractivity contribution in [2.24, 2.45) is 16.6 Å². The summed E-state index contributed by atoms with van der Waals surface area (Å²) in [5, 5.41) is 0.975. The van der Waals surface area contributed by atoms with Gasteiger partial charge in [0.1, 0.15) is 11.3 Å². The Bertz CT molecular complexity index is 679. The zero-order chi connectivity index (χ0) is 17.3. The highest BCUT2D eigenvalue weighted by Gasteiger charge is 2.52. The maximum Gasteiger partial charge on any atom is 0.235 e. The summed E-state index contributed by atoms with van der Waals surface area (Å²) in [4.78, 5) is 19.0. The molecule has 1 amide bonds. The molecule has 6 nitrogen and oxygen atoms in total. The van der Waals surface area contributed by atoms with Crippen molar-refractivity contribution in [2.75, 3.05) is 26.9 Å². The topological polar surface area (TPSA) is 77.2 Å². The normalized spacial score (nSPS) is 26.8. The van der Waals surface area contributed by atoms with E-state index in [-0.39, 0.29) is 17.8 Å². The number of ether oxygens (including phenoxy) is 2. The smallest absolute Gasteiger partial charge is 0.235 e. The second-order valence-electron chi connectivity index (χ2n) is 6.28. The van der Waals surface area contributed by atoms with Crippen LogP contribution in [0.4, 0.5) is 0 Å². The molecule has 2 aliphatic heterocycles. The molecule has 0 aromatic heterocycles. The quantitative estimate of drug-likeness (QED) is 0.823. The van der Waals surface area contributed by atoms with Crippen LogP contribution in [0.1, 0.15) is 25.3 Å². The number of rotatable bonds is 4. The van der Waals surface area contributed by atoms with Crippen molar-refractivity contribution in [3.8, 4) is 5.75 Å². The highest BCUT2D eigenvalue weighted by Crippen LogP contribution is 2.43. The van der Waals surface area contributed by atoms with E-state index in [4.69, 9.17) is 20.2 Å². The van der Waals surface area contributed by atoms with Crippen LogP contribution in [-0.2, 0) is 15.1 Å². The van der Waals surface area contributed by atoms with Crippen molar-refractivity contribution in [3.63, 3.8) is 0 Å². The maximum atomic E-state index is 12.8. The van der Waals surface area contributed by atoms with Gasteiger partial charge in [-0.25, -0.2) is 4.99 Å². The van der Waals surface area contributed by atoms with Gasteiger partial charge in [-0.1, -0.05) is 13.0 Å². The molecule has 3 rings (SSSR count). The van der Waals surface area contributed by atoms with E-state index in [1.54, 1.807) is 7.05 Å². The molecule has 130 valence electrons. The summed E-state index contributed by atoms with van der Waals surface area (Å²) >= 11 is 0. The average molecular weight is 349 g/mol. The van der Waals surface area contributed by atoms with Crippen LogP contribution in [0.5, 0.6) is 5.75 Å². The molecule has 2 N–H and O–H groups in total. The minimum Gasteiger partial charge on any atom is -0.494 e. The number of nitrogens with zero attached hydrogens (tertiary/aromatic N) is 2. The van der Waals surface area contributed by atoms with E-state index in [1.807, 2.05) is 18.2 Å². The third-order valence-electron chi connectivity index (χ3n) is 4.70. The maximum absolute atomic E-state index is 12.8. The van der Waals surface area contributed by atoms with Crippen molar-refractivity contribution in [1.82, 2.24) is 4.90 Å². The lowest BCUT2D eigenvalue weighted by Crippen LogP contribution is -2.59. The van der Waals surface area contributed by atoms with Crippen molar-refractivity contribution in [3.05, 3.63) is 23.8 Å². The van der Waals surface area contributed by atoms with Gasteiger partial charge in [-0.3, -0.25) is 9.69 Å².